The summed E-state index contributed by atoms with van der Waals surface area (Å²) in [5, 5.41) is 12.1. The molecule has 1 atom stereocenters. The zero-order valence-electron chi connectivity index (χ0n) is 10.5. The number of nitrogens with one attached hydrogen (secondary N) is 1. The summed E-state index contributed by atoms with van der Waals surface area (Å²) in [5.74, 6) is 0.395. The van der Waals surface area contributed by atoms with Crippen molar-refractivity contribution < 1.29 is 5.11 Å². The average Bonchev–Trinajstić information content (AvgIpc) is 2.29. The molecule has 0 radical (unpaired) electrons. The second-order valence-corrected chi connectivity index (χ2v) is 4.19. The topological polar surface area (TPSA) is 67.2 Å². The summed E-state index contributed by atoms with van der Waals surface area (Å²) >= 11 is 0. The minimum atomic E-state index is -0.294. The lowest BCUT2D eigenvalue weighted by molar-refractivity contribution is 0.183. The highest BCUT2D eigenvalue weighted by Gasteiger charge is 2.03. The van der Waals surface area contributed by atoms with E-state index >= 15 is 0 Å². The Morgan fingerprint density at radius 1 is 1.59 bits per heavy atom. The molecule has 17 heavy (non-hydrogen) atoms. The molecule has 0 fully saturated rings. The molecule has 0 aromatic carbocycles. The number of hydrogen-bond acceptors (Lipinski definition) is 4. The van der Waals surface area contributed by atoms with Crippen molar-refractivity contribution in [3.05, 3.63) is 22.7 Å². The van der Waals surface area contributed by atoms with Gasteiger partial charge in [-0.15, -0.1) is 0 Å². The number of aliphatic hydroxyl groups is 1. The fourth-order valence-electron chi connectivity index (χ4n) is 1.59. The summed E-state index contributed by atoms with van der Waals surface area (Å²) in [4.78, 5) is 15.9. The molecule has 0 aliphatic rings. The maximum Gasteiger partial charge on any atom is 0.293 e. The minimum Gasteiger partial charge on any atom is -0.393 e. The van der Waals surface area contributed by atoms with E-state index in [-0.39, 0.29) is 11.7 Å². The van der Waals surface area contributed by atoms with Crippen LogP contribution in [0.4, 0.5) is 5.82 Å². The molecule has 1 rings (SSSR count). The maximum atomic E-state index is 11.9. The highest BCUT2D eigenvalue weighted by Crippen LogP contribution is 1.98. The van der Waals surface area contributed by atoms with Gasteiger partial charge in [0.1, 0.15) is 0 Å². The van der Waals surface area contributed by atoms with Crippen LogP contribution >= 0.6 is 0 Å². The van der Waals surface area contributed by atoms with E-state index in [1.165, 1.54) is 0 Å². The third kappa shape index (κ3) is 4.56. The van der Waals surface area contributed by atoms with Crippen molar-refractivity contribution in [1.82, 2.24) is 9.55 Å². The van der Waals surface area contributed by atoms with E-state index in [1.54, 1.807) is 23.9 Å². The molecule has 0 saturated carbocycles. The number of hydrogen-bond donors (Lipinski definition) is 2. The smallest absolute Gasteiger partial charge is 0.293 e. The van der Waals surface area contributed by atoms with Crippen LogP contribution in [0.15, 0.2) is 17.2 Å². The number of anilines is 1. The van der Waals surface area contributed by atoms with Crippen LogP contribution in [0.5, 0.6) is 0 Å². The second kappa shape index (κ2) is 7.06. The molecule has 5 nitrogen and oxygen atoms in total. The van der Waals surface area contributed by atoms with Gasteiger partial charge in [0.25, 0.3) is 5.56 Å². The Morgan fingerprint density at radius 3 is 3.00 bits per heavy atom. The number of aryl methyl sites for hydroxylation is 1. The van der Waals surface area contributed by atoms with Crippen LogP contribution in [0.2, 0.25) is 0 Å². The molecule has 0 aliphatic heterocycles. The molecule has 1 aromatic rings. The van der Waals surface area contributed by atoms with E-state index in [0.29, 0.717) is 18.9 Å². The fourth-order valence-corrected chi connectivity index (χ4v) is 1.59. The van der Waals surface area contributed by atoms with Crippen molar-refractivity contribution in [1.29, 1.82) is 0 Å². The van der Waals surface area contributed by atoms with Crippen molar-refractivity contribution in [3.8, 4) is 0 Å². The molecule has 5 heteroatoms. The first kappa shape index (κ1) is 13.7. The maximum absolute atomic E-state index is 11.9. The van der Waals surface area contributed by atoms with Gasteiger partial charge in [-0.25, -0.2) is 4.98 Å². The fraction of sp³-hybridized carbons (Fsp3) is 0.667. The van der Waals surface area contributed by atoms with Crippen LogP contribution in [0, 0.1) is 0 Å². The summed E-state index contributed by atoms with van der Waals surface area (Å²) in [6.07, 6.45) is 5.51. The summed E-state index contributed by atoms with van der Waals surface area (Å²) < 4.78 is 1.66. The number of rotatable bonds is 7. The van der Waals surface area contributed by atoms with Gasteiger partial charge in [-0.05, 0) is 26.2 Å². The molecule has 1 aromatic heterocycles. The Labute approximate surface area is 102 Å². The molecule has 0 saturated heterocycles. The summed E-state index contributed by atoms with van der Waals surface area (Å²) in [6.45, 7) is 5.16. The standard InChI is InChI=1S/C12H21N3O2/c1-3-8-15-9-7-14-11(12(15)17)13-6-4-5-10(2)16/h7,9-10,16H,3-6,8H2,1-2H3,(H,13,14). The lowest BCUT2D eigenvalue weighted by Crippen LogP contribution is -2.24. The second-order valence-electron chi connectivity index (χ2n) is 4.19. The van der Waals surface area contributed by atoms with Gasteiger partial charge < -0.3 is 15.0 Å². The summed E-state index contributed by atoms with van der Waals surface area (Å²) in [5.41, 5.74) is -0.0774. The minimum absolute atomic E-state index is 0.0774. The first-order valence-electron chi connectivity index (χ1n) is 6.12. The molecule has 0 aliphatic carbocycles. The predicted molar refractivity (Wildman–Crippen MR) is 68.2 cm³/mol. The quantitative estimate of drug-likeness (QED) is 0.702. The number of aromatic nitrogens is 2. The largest absolute Gasteiger partial charge is 0.393 e. The van der Waals surface area contributed by atoms with E-state index in [0.717, 1.165) is 19.3 Å². The third-order valence-corrected chi connectivity index (χ3v) is 2.47. The zero-order chi connectivity index (χ0) is 12.7. The van der Waals surface area contributed by atoms with Gasteiger partial charge in [0.2, 0.25) is 0 Å². The molecule has 0 amide bonds. The van der Waals surface area contributed by atoms with Crippen LogP contribution in [-0.2, 0) is 6.54 Å². The van der Waals surface area contributed by atoms with Gasteiger partial charge in [-0.2, -0.15) is 0 Å². The molecular formula is C12H21N3O2. The number of aliphatic hydroxyl groups excluding tert-OH is 1. The Morgan fingerprint density at radius 2 is 2.35 bits per heavy atom. The van der Waals surface area contributed by atoms with E-state index in [1.807, 2.05) is 6.92 Å². The molecule has 2 N–H and O–H groups in total. The monoisotopic (exact) mass is 239 g/mol. The van der Waals surface area contributed by atoms with E-state index < -0.39 is 0 Å². The Hall–Kier alpha value is -1.36. The van der Waals surface area contributed by atoms with Crippen LogP contribution in [0.3, 0.4) is 0 Å². The number of nitrogens with zero attached hydrogens (tertiary/aromatic N) is 2. The van der Waals surface area contributed by atoms with Crippen LogP contribution in [0.25, 0.3) is 0 Å². The van der Waals surface area contributed by atoms with Gasteiger partial charge in [-0.1, -0.05) is 6.92 Å². The molecule has 0 bridgehead atoms. The summed E-state index contributed by atoms with van der Waals surface area (Å²) in [6, 6.07) is 0. The van der Waals surface area contributed by atoms with Crippen molar-refractivity contribution in [2.75, 3.05) is 11.9 Å². The van der Waals surface area contributed by atoms with E-state index in [9.17, 15) is 4.79 Å². The first-order chi connectivity index (χ1) is 8.15. The van der Waals surface area contributed by atoms with Crippen molar-refractivity contribution in [2.24, 2.45) is 0 Å². The Balaban J connectivity index is 2.53. The lowest BCUT2D eigenvalue weighted by atomic mass is 10.2. The van der Waals surface area contributed by atoms with Gasteiger partial charge in [-0.3, -0.25) is 4.79 Å². The molecule has 1 heterocycles. The first-order valence-corrected chi connectivity index (χ1v) is 6.12. The van der Waals surface area contributed by atoms with E-state index in [4.69, 9.17) is 5.11 Å². The summed E-state index contributed by atoms with van der Waals surface area (Å²) in [7, 11) is 0. The molecular weight excluding hydrogens is 218 g/mol. The Bertz CT molecular complexity index is 388. The predicted octanol–water partition coefficient (Wildman–Crippen LogP) is 1.23. The highest BCUT2D eigenvalue weighted by molar-refractivity contribution is 5.30. The SMILES string of the molecule is CCCn1ccnc(NCCCC(C)O)c1=O. The lowest BCUT2D eigenvalue weighted by Gasteiger charge is -2.08. The van der Waals surface area contributed by atoms with E-state index in [2.05, 4.69) is 10.3 Å². The van der Waals surface area contributed by atoms with Gasteiger partial charge in [0.05, 0.1) is 6.10 Å². The van der Waals surface area contributed by atoms with Crippen molar-refractivity contribution >= 4 is 5.82 Å². The molecule has 0 spiro atoms. The highest BCUT2D eigenvalue weighted by atomic mass is 16.3. The molecule has 1 unspecified atom stereocenters. The van der Waals surface area contributed by atoms with Crippen LogP contribution in [0.1, 0.15) is 33.1 Å². The normalized spacial score (nSPS) is 12.4. The van der Waals surface area contributed by atoms with Crippen molar-refractivity contribution in [2.45, 2.75) is 45.8 Å². The Kier molecular flexibility index (Phi) is 5.69. The zero-order valence-corrected chi connectivity index (χ0v) is 10.5. The van der Waals surface area contributed by atoms with Crippen LogP contribution in [-0.4, -0.2) is 27.3 Å². The average molecular weight is 239 g/mol. The van der Waals surface area contributed by atoms with Gasteiger partial charge in [0.15, 0.2) is 5.82 Å². The van der Waals surface area contributed by atoms with Gasteiger partial charge in [0, 0.05) is 25.5 Å². The molecule has 96 valence electrons. The van der Waals surface area contributed by atoms with Crippen molar-refractivity contribution in [3.63, 3.8) is 0 Å². The third-order valence-electron chi connectivity index (χ3n) is 2.47. The van der Waals surface area contributed by atoms with Gasteiger partial charge >= 0.3 is 0 Å². The van der Waals surface area contributed by atoms with Crippen LogP contribution < -0.4 is 10.9 Å².